The summed E-state index contributed by atoms with van der Waals surface area (Å²) < 4.78 is 0. The predicted octanol–water partition coefficient (Wildman–Crippen LogP) is 0.911. The van der Waals surface area contributed by atoms with Crippen molar-refractivity contribution in [3.63, 3.8) is 0 Å². The molecule has 0 spiro atoms. The van der Waals surface area contributed by atoms with Crippen LogP contribution < -0.4 is 9.80 Å². The summed E-state index contributed by atoms with van der Waals surface area (Å²) in [7, 11) is 0. The zero-order chi connectivity index (χ0) is 15.9. The standard InChI is InChI=1S/C21H28N2/c1-19-9-11-21(12-10-19)18-23-16-14-22(15-17-23)13-5-8-20-6-3-2-4-7-20/h2-4,6-7,9-12H,5,8,13-18H2,1H3/p+2. The topological polar surface area (TPSA) is 8.88 Å². The minimum absolute atomic E-state index is 1.19. The first-order chi connectivity index (χ1) is 11.3. The number of hydrogen-bond acceptors (Lipinski definition) is 0. The molecule has 2 heteroatoms. The number of hydrogen-bond donors (Lipinski definition) is 2. The highest BCUT2D eigenvalue weighted by molar-refractivity contribution is 5.20. The first kappa shape index (κ1) is 16.2. The number of aryl methyl sites for hydroxylation is 2. The lowest BCUT2D eigenvalue weighted by atomic mass is 10.1. The molecule has 0 amide bonds. The van der Waals surface area contributed by atoms with Gasteiger partial charge in [-0.15, -0.1) is 0 Å². The summed E-state index contributed by atoms with van der Waals surface area (Å²) in [6.45, 7) is 9.97. The van der Waals surface area contributed by atoms with Crippen LogP contribution in [0.1, 0.15) is 23.1 Å². The van der Waals surface area contributed by atoms with E-state index in [4.69, 9.17) is 0 Å². The highest BCUT2D eigenvalue weighted by Gasteiger charge is 2.22. The van der Waals surface area contributed by atoms with Crippen molar-refractivity contribution in [2.75, 3.05) is 32.7 Å². The fourth-order valence-electron chi connectivity index (χ4n) is 3.57. The van der Waals surface area contributed by atoms with Gasteiger partial charge in [0.15, 0.2) is 0 Å². The third-order valence-electron chi connectivity index (χ3n) is 5.08. The van der Waals surface area contributed by atoms with E-state index in [1.165, 1.54) is 68.8 Å². The van der Waals surface area contributed by atoms with Gasteiger partial charge >= 0.3 is 0 Å². The first-order valence-electron chi connectivity index (χ1n) is 9.06. The summed E-state index contributed by atoms with van der Waals surface area (Å²) in [6, 6.07) is 20.0. The molecule has 3 rings (SSSR count). The fraction of sp³-hybridized carbons (Fsp3) is 0.429. The monoisotopic (exact) mass is 310 g/mol. The first-order valence-corrected chi connectivity index (χ1v) is 9.06. The van der Waals surface area contributed by atoms with Crippen LogP contribution in [0.5, 0.6) is 0 Å². The number of rotatable bonds is 6. The van der Waals surface area contributed by atoms with Crippen LogP contribution in [0.4, 0.5) is 0 Å². The molecule has 1 aliphatic heterocycles. The Bertz CT molecular complexity index is 569. The van der Waals surface area contributed by atoms with Crippen molar-refractivity contribution in [3.8, 4) is 0 Å². The lowest BCUT2D eigenvalue weighted by Gasteiger charge is -2.29. The highest BCUT2D eigenvalue weighted by atomic mass is 15.3. The Balaban J connectivity index is 1.36. The third kappa shape index (κ3) is 5.19. The minimum atomic E-state index is 1.19. The summed E-state index contributed by atoms with van der Waals surface area (Å²) in [5.41, 5.74) is 4.32. The van der Waals surface area contributed by atoms with E-state index in [0.717, 1.165) is 0 Å². The van der Waals surface area contributed by atoms with Gasteiger partial charge < -0.3 is 9.80 Å². The summed E-state index contributed by atoms with van der Waals surface area (Å²) in [4.78, 5) is 3.55. The molecule has 1 saturated heterocycles. The molecule has 0 radical (unpaired) electrons. The van der Waals surface area contributed by atoms with Crippen molar-refractivity contribution in [1.82, 2.24) is 0 Å². The number of nitrogens with one attached hydrogen (secondary N) is 2. The summed E-state index contributed by atoms with van der Waals surface area (Å²) in [6.07, 6.45) is 2.54. The molecule has 2 aromatic carbocycles. The van der Waals surface area contributed by atoms with E-state index in [-0.39, 0.29) is 0 Å². The molecule has 2 nitrogen and oxygen atoms in total. The maximum absolute atomic E-state index is 2.29. The smallest absolute Gasteiger partial charge is 0.127 e. The van der Waals surface area contributed by atoms with Gasteiger partial charge in [-0.25, -0.2) is 0 Å². The molecule has 0 saturated carbocycles. The van der Waals surface area contributed by atoms with Gasteiger partial charge in [-0.05, 0) is 18.9 Å². The lowest BCUT2D eigenvalue weighted by Crippen LogP contribution is -3.27. The fourth-order valence-corrected chi connectivity index (χ4v) is 3.57. The zero-order valence-electron chi connectivity index (χ0n) is 14.4. The number of piperazine rings is 1. The largest absolute Gasteiger partial charge is 0.326 e. The molecule has 0 aromatic heterocycles. The third-order valence-corrected chi connectivity index (χ3v) is 5.08. The molecule has 1 fully saturated rings. The molecular formula is C21H30N2+2. The van der Waals surface area contributed by atoms with E-state index in [9.17, 15) is 0 Å². The average molecular weight is 310 g/mol. The molecule has 2 N–H and O–H groups in total. The average Bonchev–Trinajstić information content (AvgIpc) is 2.59. The van der Waals surface area contributed by atoms with Crippen molar-refractivity contribution in [2.45, 2.75) is 26.3 Å². The Hall–Kier alpha value is -1.64. The Morgan fingerprint density at radius 3 is 2.09 bits per heavy atom. The van der Waals surface area contributed by atoms with Gasteiger partial charge in [0.25, 0.3) is 0 Å². The highest BCUT2D eigenvalue weighted by Crippen LogP contribution is 2.02. The van der Waals surface area contributed by atoms with E-state index >= 15 is 0 Å². The Morgan fingerprint density at radius 1 is 0.739 bits per heavy atom. The summed E-state index contributed by atoms with van der Waals surface area (Å²) in [5, 5.41) is 0. The van der Waals surface area contributed by atoms with Crippen LogP contribution in [0.2, 0.25) is 0 Å². The molecule has 1 aliphatic rings. The molecule has 0 unspecified atom stereocenters. The van der Waals surface area contributed by atoms with Crippen molar-refractivity contribution in [3.05, 3.63) is 71.3 Å². The summed E-state index contributed by atoms with van der Waals surface area (Å²) >= 11 is 0. The van der Waals surface area contributed by atoms with Gasteiger partial charge in [-0.3, -0.25) is 0 Å². The number of benzene rings is 2. The lowest BCUT2D eigenvalue weighted by molar-refractivity contribution is -1.02. The van der Waals surface area contributed by atoms with Crippen LogP contribution in [0, 0.1) is 6.92 Å². The molecule has 0 aliphatic carbocycles. The van der Waals surface area contributed by atoms with Crippen molar-refractivity contribution >= 4 is 0 Å². The van der Waals surface area contributed by atoms with Gasteiger partial charge in [0.2, 0.25) is 0 Å². The van der Waals surface area contributed by atoms with Crippen molar-refractivity contribution in [1.29, 1.82) is 0 Å². The van der Waals surface area contributed by atoms with Crippen LogP contribution in [-0.4, -0.2) is 32.7 Å². The molecule has 0 atom stereocenters. The van der Waals surface area contributed by atoms with Gasteiger partial charge in [0.1, 0.15) is 32.7 Å². The van der Waals surface area contributed by atoms with Gasteiger partial charge in [0.05, 0.1) is 6.54 Å². The van der Waals surface area contributed by atoms with Gasteiger partial charge in [0, 0.05) is 12.0 Å². The maximum atomic E-state index is 2.29. The summed E-state index contributed by atoms with van der Waals surface area (Å²) in [5.74, 6) is 0. The normalized spacial score (nSPS) is 21.3. The maximum Gasteiger partial charge on any atom is 0.127 e. The second-order valence-corrected chi connectivity index (χ2v) is 7.00. The van der Waals surface area contributed by atoms with Crippen LogP contribution in [0.3, 0.4) is 0 Å². The SMILES string of the molecule is Cc1ccc(C[NH+]2CC[NH+](CCCc3ccccc3)CC2)cc1. The van der Waals surface area contributed by atoms with Crippen LogP contribution in [0.25, 0.3) is 0 Å². The second kappa shape index (κ2) is 8.28. The van der Waals surface area contributed by atoms with E-state index in [0.29, 0.717) is 0 Å². The Kier molecular flexibility index (Phi) is 5.84. The Morgan fingerprint density at radius 2 is 1.39 bits per heavy atom. The molecule has 1 heterocycles. The van der Waals surface area contributed by atoms with Gasteiger partial charge in [-0.2, -0.15) is 0 Å². The van der Waals surface area contributed by atoms with Gasteiger partial charge in [-0.1, -0.05) is 60.2 Å². The van der Waals surface area contributed by atoms with E-state index < -0.39 is 0 Å². The predicted molar refractivity (Wildman–Crippen MR) is 95.9 cm³/mol. The number of quaternary nitrogens is 2. The molecule has 2 aromatic rings. The van der Waals surface area contributed by atoms with E-state index in [2.05, 4.69) is 61.5 Å². The Labute approximate surface area is 140 Å². The second-order valence-electron chi connectivity index (χ2n) is 7.00. The molecule has 0 bridgehead atoms. The van der Waals surface area contributed by atoms with E-state index in [1.54, 1.807) is 9.80 Å². The van der Waals surface area contributed by atoms with Crippen molar-refractivity contribution < 1.29 is 9.80 Å². The molecular weight excluding hydrogens is 280 g/mol. The molecule has 23 heavy (non-hydrogen) atoms. The van der Waals surface area contributed by atoms with E-state index in [1.807, 2.05) is 0 Å². The molecule has 122 valence electrons. The quantitative estimate of drug-likeness (QED) is 0.785. The van der Waals surface area contributed by atoms with Crippen LogP contribution >= 0.6 is 0 Å². The van der Waals surface area contributed by atoms with Crippen molar-refractivity contribution in [2.24, 2.45) is 0 Å². The van der Waals surface area contributed by atoms with Crippen LogP contribution in [-0.2, 0) is 13.0 Å². The zero-order valence-corrected chi connectivity index (χ0v) is 14.4. The van der Waals surface area contributed by atoms with Crippen LogP contribution in [0.15, 0.2) is 54.6 Å². The minimum Gasteiger partial charge on any atom is -0.326 e.